The fourth-order valence-electron chi connectivity index (χ4n) is 3.13. The molecule has 1 amide bonds. The van der Waals surface area contributed by atoms with Gasteiger partial charge in [0.15, 0.2) is 0 Å². The average molecular weight is 262 g/mol. The number of carbonyl (C=O) groups excluding carboxylic acids is 1. The maximum absolute atomic E-state index is 12.3. The summed E-state index contributed by atoms with van der Waals surface area (Å²) < 4.78 is 0. The highest BCUT2D eigenvalue weighted by atomic mass is 16.2. The van der Waals surface area contributed by atoms with Crippen molar-refractivity contribution in [3.63, 3.8) is 0 Å². The molecule has 5 heteroatoms. The molecule has 0 spiro atoms. The first kappa shape index (κ1) is 12.7. The lowest BCUT2D eigenvalue weighted by Crippen LogP contribution is -2.49. The minimum atomic E-state index is -0.0522. The number of carbonyl (C=O) groups is 1. The Labute approximate surface area is 113 Å². The van der Waals surface area contributed by atoms with Gasteiger partial charge in [-0.05, 0) is 19.8 Å². The van der Waals surface area contributed by atoms with Crippen molar-refractivity contribution >= 4 is 5.91 Å². The lowest BCUT2D eigenvalue weighted by Gasteiger charge is -2.31. The molecule has 104 valence electrons. The molecule has 1 fully saturated rings. The zero-order chi connectivity index (χ0) is 13.2. The van der Waals surface area contributed by atoms with Crippen LogP contribution in [-0.2, 0) is 17.8 Å². The van der Waals surface area contributed by atoms with Crippen LogP contribution in [0.3, 0.4) is 0 Å². The molecule has 1 aliphatic heterocycles. The average Bonchev–Trinajstić information content (AvgIpc) is 3.07. The molecule has 1 aromatic heterocycles. The summed E-state index contributed by atoms with van der Waals surface area (Å²) in [6.45, 7) is 3.76. The highest BCUT2D eigenvalue weighted by Gasteiger charge is 2.28. The van der Waals surface area contributed by atoms with Crippen LogP contribution in [0.4, 0.5) is 0 Å². The third-order valence-corrected chi connectivity index (χ3v) is 4.46. The smallest absolute Gasteiger partial charge is 0.237 e. The molecular formula is C14H22N4O. The van der Waals surface area contributed by atoms with E-state index in [-0.39, 0.29) is 11.9 Å². The number of hydrogen-bond donors (Lipinski definition) is 2. The third kappa shape index (κ3) is 2.66. The zero-order valence-corrected chi connectivity index (χ0v) is 11.5. The molecule has 1 aromatic rings. The number of fused-ring (bicyclic) bond motifs is 1. The summed E-state index contributed by atoms with van der Waals surface area (Å²) in [5, 5.41) is 10.3. The molecule has 5 nitrogen and oxygen atoms in total. The Hall–Kier alpha value is -1.36. The van der Waals surface area contributed by atoms with E-state index < -0.39 is 0 Å². The van der Waals surface area contributed by atoms with E-state index >= 15 is 0 Å². The van der Waals surface area contributed by atoms with E-state index in [4.69, 9.17) is 0 Å². The monoisotopic (exact) mass is 262 g/mol. The SMILES string of the molecule is CC(C(=O)NC1CCCC1)N1CCc2[nH]ncc2C1. The first-order chi connectivity index (χ1) is 9.24. The van der Waals surface area contributed by atoms with E-state index in [0.717, 1.165) is 32.4 Å². The topological polar surface area (TPSA) is 61.0 Å². The molecule has 19 heavy (non-hydrogen) atoms. The van der Waals surface area contributed by atoms with Crippen molar-refractivity contribution in [2.75, 3.05) is 6.54 Å². The van der Waals surface area contributed by atoms with E-state index in [0.29, 0.717) is 6.04 Å². The van der Waals surface area contributed by atoms with E-state index in [9.17, 15) is 4.79 Å². The van der Waals surface area contributed by atoms with Crippen LogP contribution in [0.1, 0.15) is 43.9 Å². The lowest BCUT2D eigenvalue weighted by molar-refractivity contribution is -0.126. The molecule has 1 aliphatic carbocycles. The number of rotatable bonds is 3. The van der Waals surface area contributed by atoms with Crippen molar-refractivity contribution in [2.45, 2.75) is 57.7 Å². The molecule has 2 N–H and O–H groups in total. The molecule has 0 aromatic carbocycles. The van der Waals surface area contributed by atoms with Crippen molar-refractivity contribution in [3.05, 3.63) is 17.5 Å². The van der Waals surface area contributed by atoms with E-state index in [1.807, 2.05) is 13.1 Å². The van der Waals surface area contributed by atoms with Crippen molar-refractivity contribution < 1.29 is 4.79 Å². The Morgan fingerprint density at radius 3 is 3.11 bits per heavy atom. The van der Waals surface area contributed by atoms with Gasteiger partial charge >= 0.3 is 0 Å². The van der Waals surface area contributed by atoms with Crippen LogP contribution in [0.5, 0.6) is 0 Å². The summed E-state index contributed by atoms with van der Waals surface area (Å²) in [4.78, 5) is 14.5. The van der Waals surface area contributed by atoms with Crippen LogP contribution in [0.15, 0.2) is 6.20 Å². The molecule has 2 aliphatic rings. The van der Waals surface area contributed by atoms with Gasteiger partial charge in [0.1, 0.15) is 0 Å². The maximum atomic E-state index is 12.3. The minimum Gasteiger partial charge on any atom is -0.352 e. The summed E-state index contributed by atoms with van der Waals surface area (Å²) in [6.07, 6.45) is 7.62. The first-order valence-electron chi connectivity index (χ1n) is 7.29. The quantitative estimate of drug-likeness (QED) is 0.861. The predicted molar refractivity (Wildman–Crippen MR) is 72.6 cm³/mol. The summed E-state index contributed by atoms with van der Waals surface area (Å²) in [5.41, 5.74) is 2.45. The van der Waals surface area contributed by atoms with Gasteiger partial charge in [-0.3, -0.25) is 14.8 Å². The number of hydrogen-bond acceptors (Lipinski definition) is 3. The highest BCUT2D eigenvalue weighted by molar-refractivity contribution is 5.81. The van der Waals surface area contributed by atoms with Crippen molar-refractivity contribution in [1.29, 1.82) is 0 Å². The van der Waals surface area contributed by atoms with Crippen LogP contribution in [0.2, 0.25) is 0 Å². The number of nitrogens with one attached hydrogen (secondary N) is 2. The van der Waals surface area contributed by atoms with E-state index in [2.05, 4.69) is 20.4 Å². The Bertz CT molecular complexity index is 450. The van der Waals surface area contributed by atoms with Gasteiger partial charge < -0.3 is 5.32 Å². The number of amides is 1. The molecular weight excluding hydrogens is 240 g/mol. The van der Waals surface area contributed by atoms with Gasteiger partial charge in [-0.2, -0.15) is 5.10 Å². The predicted octanol–water partition coefficient (Wildman–Crippen LogP) is 1.22. The van der Waals surface area contributed by atoms with Gasteiger partial charge in [-0.15, -0.1) is 0 Å². The number of aromatic amines is 1. The molecule has 3 rings (SSSR count). The standard InChI is InChI=1S/C14H22N4O/c1-10(14(19)16-12-4-2-3-5-12)18-7-6-13-11(9-18)8-15-17-13/h8,10,12H,2-7,9H2,1H3,(H,15,17)(H,16,19). The van der Waals surface area contributed by atoms with Gasteiger partial charge in [0, 0.05) is 36.8 Å². The largest absolute Gasteiger partial charge is 0.352 e. The second kappa shape index (κ2) is 5.33. The summed E-state index contributed by atoms with van der Waals surface area (Å²) >= 11 is 0. The number of aromatic nitrogens is 2. The number of nitrogens with zero attached hydrogens (tertiary/aromatic N) is 2. The molecule has 1 unspecified atom stereocenters. The zero-order valence-electron chi connectivity index (χ0n) is 11.5. The third-order valence-electron chi connectivity index (χ3n) is 4.46. The Morgan fingerprint density at radius 2 is 2.32 bits per heavy atom. The second-order valence-corrected chi connectivity index (χ2v) is 5.76. The van der Waals surface area contributed by atoms with E-state index in [1.165, 1.54) is 24.1 Å². The van der Waals surface area contributed by atoms with Crippen molar-refractivity contribution in [2.24, 2.45) is 0 Å². The van der Waals surface area contributed by atoms with E-state index in [1.54, 1.807) is 0 Å². The first-order valence-corrected chi connectivity index (χ1v) is 7.29. The molecule has 2 heterocycles. The van der Waals surface area contributed by atoms with Crippen molar-refractivity contribution in [3.8, 4) is 0 Å². The Kier molecular flexibility index (Phi) is 3.55. The number of H-pyrrole nitrogens is 1. The second-order valence-electron chi connectivity index (χ2n) is 5.76. The maximum Gasteiger partial charge on any atom is 0.237 e. The van der Waals surface area contributed by atoms with Crippen LogP contribution in [0, 0.1) is 0 Å². The van der Waals surface area contributed by atoms with Gasteiger partial charge in [0.05, 0.1) is 12.2 Å². The van der Waals surface area contributed by atoms with Crippen LogP contribution < -0.4 is 5.32 Å². The molecule has 0 radical (unpaired) electrons. The van der Waals surface area contributed by atoms with Crippen molar-refractivity contribution in [1.82, 2.24) is 20.4 Å². The fraction of sp³-hybridized carbons (Fsp3) is 0.714. The summed E-state index contributed by atoms with van der Waals surface area (Å²) in [6, 6.07) is 0.355. The van der Waals surface area contributed by atoms with Crippen LogP contribution in [0.25, 0.3) is 0 Å². The summed E-state index contributed by atoms with van der Waals surface area (Å²) in [7, 11) is 0. The lowest BCUT2D eigenvalue weighted by atomic mass is 10.1. The fourth-order valence-corrected chi connectivity index (χ4v) is 3.13. The highest BCUT2D eigenvalue weighted by Crippen LogP contribution is 2.20. The van der Waals surface area contributed by atoms with Gasteiger partial charge in [-0.25, -0.2) is 0 Å². The Balaban J connectivity index is 1.58. The van der Waals surface area contributed by atoms with Gasteiger partial charge in [0.25, 0.3) is 0 Å². The van der Waals surface area contributed by atoms with Gasteiger partial charge in [-0.1, -0.05) is 12.8 Å². The summed E-state index contributed by atoms with van der Waals surface area (Å²) in [5.74, 6) is 0.179. The van der Waals surface area contributed by atoms with Crippen LogP contribution >= 0.6 is 0 Å². The molecule has 0 saturated heterocycles. The van der Waals surface area contributed by atoms with Crippen LogP contribution in [-0.4, -0.2) is 39.6 Å². The molecule has 0 bridgehead atoms. The normalized spacial score (nSPS) is 22.2. The minimum absolute atomic E-state index is 0.0522. The van der Waals surface area contributed by atoms with Gasteiger partial charge in [0.2, 0.25) is 5.91 Å². The Morgan fingerprint density at radius 1 is 1.53 bits per heavy atom. The molecule has 1 saturated carbocycles. The molecule has 1 atom stereocenters.